The van der Waals surface area contributed by atoms with Crippen molar-refractivity contribution < 1.29 is 9.53 Å². The van der Waals surface area contributed by atoms with Gasteiger partial charge in [0.1, 0.15) is 0 Å². The lowest BCUT2D eigenvalue weighted by Crippen LogP contribution is -2.45. The van der Waals surface area contributed by atoms with E-state index in [4.69, 9.17) is 4.74 Å². The fourth-order valence-electron chi connectivity index (χ4n) is 4.55. The van der Waals surface area contributed by atoms with Crippen molar-refractivity contribution in [1.82, 2.24) is 9.47 Å². The van der Waals surface area contributed by atoms with Gasteiger partial charge in [0.15, 0.2) is 0 Å². The maximum atomic E-state index is 13.1. The van der Waals surface area contributed by atoms with E-state index in [0.29, 0.717) is 6.61 Å². The molecule has 0 radical (unpaired) electrons. The summed E-state index contributed by atoms with van der Waals surface area (Å²) in [6.45, 7) is 2.15. The van der Waals surface area contributed by atoms with Crippen LogP contribution in [0.4, 0.5) is 0 Å². The largest absolute Gasteiger partial charge is 0.365 e. The van der Waals surface area contributed by atoms with Gasteiger partial charge in [-0.05, 0) is 30.0 Å². The van der Waals surface area contributed by atoms with E-state index >= 15 is 0 Å². The Kier molecular flexibility index (Phi) is 3.44. The molecule has 2 aromatic carbocycles. The minimum atomic E-state index is -0.202. The van der Waals surface area contributed by atoms with Crippen molar-refractivity contribution in [3.8, 4) is 0 Å². The van der Waals surface area contributed by atoms with Gasteiger partial charge in [-0.25, -0.2) is 0 Å². The molecule has 2 aliphatic rings. The number of rotatable bonds is 1. The van der Waals surface area contributed by atoms with Gasteiger partial charge in [-0.1, -0.05) is 42.5 Å². The van der Waals surface area contributed by atoms with Crippen LogP contribution in [0.25, 0.3) is 10.9 Å². The maximum absolute atomic E-state index is 13.1. The second kappa shape index (κ2) is 5.71. The number of benzene rings is 2. The molecule has 1 aromatic heterocycles. The van der Waals surface area contributed by atoms with E-state index in [1.807, 2.05) is 40.9 Å². The van der Waals surface area contributed by atoms with Crippen LogP contribution in [0.5, 0.6) is 0 Å². The molecule has 0 atom stereocenters. The number of aromatic nitrogens is 1. The highest BCUT2D eigenvalue weighted by molar-refractivity contribution is 6.07. The van der Waals surface area contributed by atoms with Crippen molar-refractivity contribution in [2.75, 3.05) is 13.1 Å². The quantitative estimate of drug-likeness (QED) is 0.671. The summed E-state index contributed by atoms with van der Waals surface area (Å²) in [6, 6.07) is 16.6. The number of piperidine rings is 1. The van der Waals surface area contributed by atoms with Gasteiger partial charge in [-0.2, -0.15) is 0 Å². The van der Waals surface area contributed by atoms with E-state index in [0.717, 1.165) is 42.4 Å². The van der Waals surface area contributed by atoms with Crippen LogP contribution >= 0.6 is 0 Å². The molecule has 26 heavy (non-hydrogen) atoms. The van der Waals surface area contributed by atoms with Crippen LogP contribution < -0.4 is 0 Å². The molecule has 0 unspecified atom stereocenters. The van der Waals surface area contributed by atoms with Crippen molar-refractivity contribution in [3.05, 3.63) is 71.4 Å². The summed E-state index contributed by atoms with van der Waals surface area (Å²) in [5, 5.41) is 1.03. The molecule has 1 amide bonds. The molecule has 4 nitrogen and oxygen atoms in total. The zero-order valence-corrected chi connectivity index (χ0v) is 14.9. The Hall–Kier alpha value is -2.59. The molecule has 3 aromatic rings. The van der Waals surface area contributed by atoms with Crippen molar-refractivity contribution in [1.29, 1.82) is 0 Å². The summed E-state index contributed by atoms with van der Waals surface area (Å²) in [4.78, 5) is 15.1. The molecule has 3 heterocycles. The van der Waals surface area contributed by atoms with Gasteiger partial charge < -0.3 is 14.2 Å². The average Bonchev–Trinajstić information content (AvgIpc) is 3.21. The van der Waals surface area contributed by atoms with Gasteiger partial charge >= 0.3 is 0 Å². The van der Waals surface area contributed by atoms with Crippen molar-refractivity contribution in [2.45, 2.75) is 25.0 Å². The number of aryl methyl sites for hydroxylation is 1. The lowest BCUT2D eigenvalue weighted by atomic mass is 9.83. The first-order valence-electron chi connectivity index (χ1n) is 9.24. The molecular weight excluding hydrogens is 324 g/mol. The fraction of sp³-hybridized carbons (Fsp3) is 0.318. The molecule has 0 N–H and O–H groups in total. The number of fused-ring (bicyclic) bond motifs is 3. The molecule has 2 aliphatic heterocycles. The molecular formula is C22H22N2O2. The highest BCUT2D eigenvalue weighted by Crippen LogP contribution is 2.44. The third kappa shape index (κ3) is 2.22. The molecule has 0 bridgehead atoms. The number of amides is 1. The van der Waals surface area contributed by atoms with Gasteiger partial charge in [0, 0.05) is 37.2 Å². The van der Waals surface area contributed by atoms with Crippen LogP contribution in [0.1, 0.15) is 34.3 Å². The minimum absolute atomic E-state index is 0.128. The summed E-state index contributed by atoms with van der Waals surface area (Å²) in [5.41, 5.74) is 4.30. The SMILES string of the molecule is Cn1cc(C(=O)N2CCC3(CC2)OCc2ccccc23)c2ccccc21. The summed E-state index contributed by atoms with van der Waals surface area (Å²) in [7, 11) is 1.99. The third-order valence-electron chi connectivity index (χ3n) is 6.00. The normalized spacial score (nSPS) is 18.4. The Morgan fingerprint density at radius 2 is 1.77 bits per heavy atom. The van der Waals surface area contributed by atoms with Gasteiger partial charge in [-0.15, -0.1) is 0 Å². The highest BCUT2D eigenvalue weighted by Gasteiger charge is 2.43. The van der Waals surface area contributed by atoms with Crippen LogP contribution in [0.2, 0.25) is 0 Å². The van der Waals surface area contributed by atoms with Crippen LogP contribution in [-0.2, 0) is 24.0 Å². The predicted molar refractivity (Wildman–Crippen MR) is 101 cm³/mol. The smallest absolute Gasteiger partial charge is 0.256 e. The average molecular weight is 346 g/mol. The topological polar surface area (TPSA) is 34.5 Å². The first-order valence-corrected chi connectivity index (χ1v) is 9.24. The Morgan fingerprint density at radius 3 is 2.62 bits per heavy atom. The maximum Gasteiger partial charge on any atom is 0.256 e. The summed E-state index contributed by atoms with van der Waals surface area (Å²) in [6.07, 6.45) is 3.68. The Labute approximate surface area is 153 Å². The standard InChI is InChI=1S/C22H22N2O2/c1-23-14-18(17-7-3-5-9-20(17)23)21(25)24-12-10-22(11-13-24)19-8-4-2-6-16(19)15-26-22/h2-9,14H,10-13,15H2,1H3. The second-order valence-corrected chi connectivity index (χ2v) is 7.40. The lowest BCUT2D eigenvalue weighted by molar-refractivity contribution is -0.0741. The van der Waals surface area contributed by atoms with E-state index in [2.05, 4.69) is 30.3 Å². The molecule has 0 saturated carbocycles. The minimum Gasteiger partial charge on any atom is -0.365 e. The number of carbonyl (C=O) groups excluding carboxylic acids is 1. The Balaban J connectivity index is 1.40. The van der Waals surface area contributed by atoms with Gasteiger partial charge in [-0.3, -0.25) is 4.79 Å². The first kappa shape index (κ1) is 15.6. The van der Waals surface area contributed by atoms with Gasteiger partial charge in [0.05, 0.1) is 17.8 Å². The summed E-state index contributed by atoms with van der Waals surface area (Å²) >= 11 is 0. The number of nitrogens with zero attached hydrogens (tertiary/aromatic N) is 2. The van der Waals surface area contributed by atoms with E-state index in [-0.39, 0.29) is 11.5 Å². The van der Waals surface area contributed by atoms with Crippen LogP contribution in [-0.4, -0.2) is 28.5 Å². The van der Waals surface area contributed by atoms with Crippen LogP contribution in [0.15, 0.2) is 54.7 Å². The number of ether oxygens (including phenoxy) is 1. The van der Waals surface area contributed by atoms with Crippen LogP contribution in [0.3, 0.4) is 0 Å². The molecule has 0 aliphatic carbocycles. The number of hydrogen-bond donors (Lipinski definition) is 0. The molecule has 5 rings (SSSR count). The number of hydrogen-bond acceptors (Lipinski definition) is 2. The molecule has 1 fully saturated rings. The molecule has 4 heteroatoms. The number of carbonyl (C=O) groups is 1. The monoisotopic (exact) mass is 346 g/mol. The number of para-hydroxylation sites is 1. The second-order valence-electron chi connectivity index (χ2n) is 7.40. The predicted octanol–water partition coefficient (Wildman–Crippen LogP) is 3.84. The van der Waals surface area contributed by atoms with Crippen molar-refractivity contribution in [3.63, 3.8) is 0 Å². The lowest BCUT2D eigenvalue weighted by Gasteiger charge is -2.39. The summed E-state index contributed by atoms with van der Waals surface area (Å²) in [5.74, 6) is 0.128. The molecule has 1 saturated heterocycles. The van der Waals surface area contributed by atoms with Crippen molar-refractivity contribution >= 4 is 16.8 Å². The van der Waals surface area contributed by atoms with E-state index in [9.17, 15) is 4.79 Å². The van der Waals surface area contributed by atoms with Gasteiger partial charge in [0.25, 0.3) is 5.91 Å². The summed E-state index contributed by atoms with van der Waals surface area (Å²) < 4.78 is 8.25. The first-order chi connectivity index (χ1) is 12.7. The van der Waals surface area contributed by atoms with E-state index in [1.165, 1.54) is 11.1 Å². The zero-order chi connectivity index (χ0) is 17.7. The van der Waals surface area contributed by atoms with Crippen LogP contribution in [0, 0.1) is 0 Å². The molecule has 132 valence electrons. The van der Waals surface area contributed by atoms with E-state index < -0.39 is 0 Å². The zero-order valence-electron chi connectivity index (χ0n) is 14.9. The Morgan fingerprint density at radius 1 is 1.04 bits per heavy atom. The number of likely N-dealkylation sites (tertiary alicyclic amines) is 1. The van der Waals surface area contributed by atoms with Gasteiger partial charge in [0.2, 0.25) is 0 Å². The molecule has 1 spiro atoms. The van der Waals surface area contributed by atoms with E-state index in [1.54, 1.807) is 0 Å². The fourth-order valence-corrected chi connectivity index (χ4v) is 4.55. The van der Waals surface area contributed by atoms with Crippen molar-refractivity contribution in [2.24, 2.45) is 7.05 Å². The third-order valence-corrected chi connectivity index (χ3v) is 6.00. The Bertz CT molecular complexity index is 996. The highest BCUT2D eigenvalue weighted by atomic mass is 16.5.